The average Bonchev–Trinajstić information content (AvgIpc) is 2.40. The first-order chi connectivity index (χ1) is 8.99. The number of nitrogens with zero attached hydrogens (tertiary/aromatic N) is 1. The van der Waals surface area contributed by atoms with E-state index in [1.807, 2.05) is 13.8 Å². The number of rotatable bonds is 7. The largest absolute Gasteiger partial charge is 0.396 e. The van der Waals surface area contributed by atoms with Gasteiger partial charge in [-0.05, 0) is 25.0 Å². The number of aliphatic hydroxyl groups excluding tert-OH is 1. The van der Waals surface area contributed by atoms with E-state index in [-0.39, 0.29) is 22.7 Å². The van der Waals surface area contributed by atoms with Gasteiger partial charge in [0.15, 0.2) is 0 Å². The fraction of sp³-hybridized carbons (Fsp3) is 0.538. The van der Waals surface area contributed by atoms with Crippen molar-refractivity contribution in [2.24, 2.45) is 5.41 Å². The Hall–Kier alpha value is -1.33. The van der Waals surface area contributed by atoms with Crippen molar-refractivity contribution in [1.29, 1.82) is 0 Å². The summed E-state index contributed by atoms with van der Waals surface area (Å²) in [5.74, 6) is 0. The third kappa shape index (κ3) is 3.58. The zero-order valence-electron chi connectivity index (χ0n) is 11.1. The molecule has 0 aliphatic heterocycles. The van der Waals surface area contributed by atoms with E-state index in [4.69, 9.17) is 11.6 Å². The van der Waals surface area contributed by atoms with Crippen LogP contribution in [0.15, 0.2) is 18.2 Å². The van der Waals surface area contributed by atoms with Crippen LogP contribution in [0, 0.1) is 15.5 Å². The van der Waals surface area contributed by atoms with Gasteiger partial charge in [0.25, 0.3) is 0 Å². The van der Waals surface area contributed by atoms with Crippen LogP contribution in [0.5, 0.6) is 0 Å². The Morgan fingerprint density at radius 1 is 1.42 bits per heavy atom. The van der Waals surface area contributed by atoms with Crippen molar-refractivity contribution in [3.8, 4) is 0 Å². The molecule has 0 radical (unpaired) electrons. The summed E-state index contributed by atoms with van der Waals surface area (Å²) in [4.78, 5) is 10.5. The van der Waals surface area contributed by atoms with Crippen molar-refractivity contribution in [2.45, 2.75) is 26.7 Å². The summed E-state index contributed by atoms with van der Waals surface area (Å²) in [7, 11) is 0. The van der Waals surface area contributed by atoms with Crippen LogP contribution in [-0.2, 0) is 0 Å². The molecule has 0 heterocycles. The molecule has 1 aromatic carbocycles. The van der Waals surface area contributed by atoms with E-state index in [0.29, 0.717) is 12.2 Å². The van der Waals surface area contributed by atoms with Gasteiger partial charge in [-0.2, -0.15) is 0 Å². The number of nitro benzene ring substituents is 1. The van der Waals surface area contributed by atoms with E-state index in [0.717, 1.165) is 12.8 Å². The Bertz CT molecular complexity index is 439. The lowest BCUT2D eigenvalue weighted by atomic mass is 9.83. The summed E-state index contributed by atoms with van der Waals surface area (Å²) in [6, 6.07) is 4.78. The lowest BCUT2D eigenvalue weighted by Gasteiger charge is -2.29. The first-order valence-electron chi connectivity index (χ1n) is 6.27. The molecule has 0 atom stereocenters. The fourth-order valence-corrected chi connectivity index (χ4v) is 2.15. The van der Waals surface area contributed by atoms with Crippen LogP contribution in [0.3, 0.4) is 0 Å². The third-order valence-electron chi connectivity index (χ3n) is 3.66. The molecule has 106 valence electrons. The second kappa shape index (κ2) is 6.73. The molecule has 0 unspecified atom stereocenters. The number of halogens is 1. The highest BCUT2D eigenvalue weighted by molar-refractivity contribution is 6.33. The van der Waals surface area contributed by atoms with Crippen LogP contribution >= 0.6 is 11.6 Å². The van der Waals surface area contributed by atoms with Crippen molar-refractivity contribution in [3.63, 3.8) is 0 Å². The maximum Gasteiger partial charge on any atom is 0.310 e. The average molecular weight is 287 g/mol. The molecule has 0 aromatic heterocycles. The van der Waals surface area contributed by atoms with Gasteiger partial charge in [-0.25, -0.2) is 0 Å². The van der Waals surface area contributed by atoms with Crippen LogP contribution in [-0.4, -0.2) is 23.2 Å². The monoisotopic (exact) mass is 286 g/mol. The van der Waals surface area contributed by atoms with Gasteiger partial charge in [-0.1, -0.05) is 31.5 Å². The van der Waals surface area contributed by atoms with E-state index in [1.54, 1.807) is 12.1 Å². The number of nitrogens with one attached hydrogen (secondary N) is 1. The van der Waals surface area contributed by atoms with E-state index >= 15 is 0 Å². The number of nitro groups is 1. The zero-order valence-corrected chi connectivity index (χ0v) is 11.9. The molecule has 0 bridgehead atoms. The predicted octanol–water partition coefficient (Wildman–Crippen LogP) is 3.46. The number of benzene rings is 1. The van der Waals surface area contributed by atoms with Crippen LogP contribution in [0.4, 0.5) is 11.4 Å². The number of aliphatic hydroxyl groups is 1. The summed E-state index contributed by atoms with van der Waals surface area (Å²) < 4.78 is 0. The summed E-state index contributed by atoms with van der Waals surface area (Å²) in [6.45, 7) is 4.50. The molecule has 0 aliphatic rings. The number of anilines is 1. The van der Waals surface area contributed by atoms with E-state index in [1.165, 1.54) is 6.07 Å². The second-order valence-corrected chi connectivity index (χ2v) is 5.02. The zero-order chi connectivity index (χ0) is 14.5. The van der Waals surface area contributed by atoms with E-state index in [9.17, 15) is 15.2 Å². The highest BCUT2D eigenvalue weighted by Crippen LogP contribution is 2.34. The normalized spacial score (nSPS) is 11.4. The van der Waals surface area contributed by atoms with Gasteiger partial charge in [-0.15, -0.1) is 0 Å². The van der Waals surface area contributed by atoms with Gasteiger partial charge in [0.2, 0.25) is 0 Å². The molecule has 5 nitrogen and oxygen atoms in total. The summed E-state index contributed by atoms with van der Waals surface area (Å²) in [6.07, 6.45) is 1.59. The molecule has 0 spiro atoms. The van der Waals surface area contributed by atoms with Crippen molar-refractivity contribution in [2.75, 3.05) is 18.5 Å². The Morgan fingerprint density at radius 3 is 2.53 bits per heavy atom. The predicted molar refractivity (Wildman–Crippen MR) is 76.7 cm³/mol. The second-order valence-electron chi connectivity index (χ2n) is 4.61. The molecular formula is C13H19ClN2O3. The Kier molecular flexibility index (Phi) is 5.57. The standard InChI is InChI=1S/C13H19ClN2O3/c1-3-13(4-2,9-17)8-15-11-7-5-6-10(14)12(11)16(18)19/h5-7,15,17H,3-4,8-9H2,1-2H3. The topological polar surface area (TPSA) is 75.4 Å². The third-order valence-corrected chi connectivity index (χ3v) is 3.96. The van der Waals surface area contributed by atoms with Gasteiger partial charge in [0.05, 0.1) is 11.5 Å². The Labute approximate surface area is 117 Å². The van der Waals surface area contributed by atoms with Crippen LogP contribution < -0.4 is 5.32 Å². The van der Waals surface area contributed by atoms with Crippen molar-refractivity contribution in [3.05, 3.63) is 33.3 Å². The van der Waals surface area contributed by atoms with Gasteiger partial charge in [0, 0.05) is 12.0 Å². The quantitative estimate of drug-likeness (QED) is 0.594. The Balaban J connectivity index is 2.95. The van der Waals surface area contributed by atoms with Crippen LogP contribution in [0.1, 0.15) is 26.7 Å². The smallest absolute Gasteiger partial charge is 0.310 e. The maximum atomic E-state index is 11.0. The van der Waals surface area contributed by atoms with Crippen LogP contribution in [0.25, 0.3) is 0 Å². The first kappa shape index (κ1) is 15.7. The lowest BCUT2D eigenvalue weighted by Crippen LogP contribution is -2.32. The van der Waals surface area contributed by atoms with Crippen molar-refractivity contribution < 1.29 is 10.0 Å². The maximum absolute atomic E-state index is 11.0. The molecule has 0 saturated heterocycles. The summed E-state index contributed by atoms with van der Waals surface area (Å²) in [5, 5.41) is 23.6. The molecule has 0 fully saturated rings. The molecule has 6 heteroatoms. The molecule has 1 rings (SSSR count). The molecule has 1 aromatic rings. The van der Waals surface area contributed by atoms with Gasteiger partial charge in [0.1, 0.15) is 10.7 Å². The lowest BCUT2D eigenvalue weighted by molar-refractivity contribution is -0.383. The van der Waals surface area contributed by atoms with E-state index < -0.39 is 4.92 Å². The molecule has 0 saturated carbocycles. The molecule has 0 amide bonds. The molecule has 0 aliphatic carbocycles. The Morgan fingerprint density at radius 2 is 2.05 bits per heavy atom. The highest BCUT2D eigenvalue weighted by atomic mass is 35.5. The van der Waals surface area contributed by atoms with Gasteiger partial charge >= 0.3 is 5.69 Å². The summed E-state index contributed by atoms with van der Waals surface area (Å²) >= 11 is 5.84. The molecular weight excluding hydrogens is 268 g/mol. The molecule has 19 heavy (non-hydrogen) atoms. The first-order valence-corrected chi connectivity index (χ1v) is 6.65. The van der Waals surface area contributed by atoms with Gasteiger partial charge in [-0.3, -0.25) is 10.1 Å². The minimum Gasteiger partial charge on any atom is -0.396 e. The van der Waals surface area contributed by atoms with Crippen LogP contribution in [0.2, 0.25) is 5.02 Å². The minimum atomic E-state index is -0.497. The van der Waals surface area contributed by atoms with Gasteiger partial charge < -0.3 is 10.4 Å². The number of hydrogen-bond acceptors (Lipinski definition) is 4. The SMILES string of the molecule is CCC(CC)(CO)CNc1cccc(Cl)c1[N+](=O)[O-]. The fourth-order valence-electron chi connectivity index (χ4n) is 1.91. The van der Waals surface area contributed by atoms with Crippen molar-refractivity contribution in [1.82, 2.24) is 0 Å². The number of para-hydroxylation sites is 1. The van der Waals surface area contributed by atoms with E-state index in [2.05, 4.69) is 5.32 Å². The minimum absolute atomic E-state index is 0.0430. The molecule has 2 N–H and O–H groups in total. The summed E-state index contributed by atoms with van der Waals surface area (Å²) in [5.41, 5.74) is -0.00338. The van der Waals surface area contributed by atoms with Crippen molar-refractivity contribution >= 4 is 23.0 Å². The highest BCUT2D eigenvalue weighted by Gasteiger charge is 2.26. The number of hydrogen-bond donors (Lipinski definition) is 2.